The molecule has 3 fully saturated rings. The van der Waals surface area contributed by atoms with E-state index in [2.05, 4.69) is 19.2 Å². The maximum Gasteiger partial charge on any atom is 0.330 e. The Kier molecular flexibility index (Phi) is 16.7. The van der Waals surface area contributed by atoms with Crippen molar-refractivity contribution in [2.75, 3.05) is 6.61 Å². The standard InChI is InChI=1S/C35H58N4O15/c1-17(2)11-9-7-5-3-4-6-8-10-12-21(42)37-24-28(47)25(44)19(51-34(24)54-33-23(36)27(46)26(45)20(16-40)52-33)15-18(41)31-29(48)30(49)32(53-31)39-14-13-22(43)38-35(39)50/h10,12-14,17-20,23-34,40-41,44-49H,3-9,11,15-16,36H2,1-2H3,(H,37,42)(H,38,43,50)/b12-10+/t18-,19-,20-,23-,24-,25+,26-,27-,28-,29+,30-,31-,32-,33-,34+/m1/s1. The van der Waals surface area contributed by atoms with Gasteiger partial charge in [-0.25, -0.2) is 4.79 Å². The molecule has 308 valence electrons. The number of aromatic amines is 1. The predicted octanol–water partition coefficient (Wildman–Crippen LogP) is -3.05. The number of allylic oxidation sites excluding steroid dienone is 1. The first kappa shape index (κ1) is 44.1. The van der Waals surface area contributed by atoms with Crippen LogP contribution >= 0.6 is 0 Å². The van der Waals surface area contributed by atoms with E-state index >= 15 is 0 Å². The average molecular weight is 775 g/mol. The molecule has 0 saturated carbocycles. The lowest BCUT2D eigenvalue weighted by atomic mass is 9.91. The number of H-pyrrole nitrogens is 1. The number of nitrogens with one attached hydrogen (secondary N) is 2. The lowest BCUT2D eigenvalue weighted by molar-refractivity contribution is -0.345. The second-order valence-electron chi connectivity index (χ2n) is 14.8. The van der Waals surface area contributed by atoms with Crippen molar-refractivity contribution in [1.82, 2.24) is 14.9 Å². The fourth-order valence-electron chi connectivity index (χ4n) is 6.91. The highest BCUT2D eigenvalue weighted by Crippen LogP contribution is 2.34. The molecule has 3 aliphatic heterocycles. The lowest BCUT2D eigenvalue weighted by Crippen LogP contribution is -2.68. The zero-order chi connectivity index (χ0) is 39.7. The monoisotopic (exact) mass is 774 g/mol. The van der Waals surface area contributed by atoms with Crippen LogP contribution in [-0.2, 0) is 23.7 Å². The number of aliphatic hydroxyl groups is 8. The van der Waals surface area contributed by atoms with Crippen molar-refractivity contribution >= 4 is 5.91 Å². The van der Waals surface area contributed by atoms with Gasteiger partial charge < -0.3 is 70.9 Å². The van der Waals surface area contributed by atoms with E-state index in [1.807, 2.05) is 4.98 Å². The maximum atomic E-state index is 13.0. The Balaban J connectivity index is 1.42. The fourth-order valence-corrected chi connectivity index (χ4v) is 6.91. The molecule has 0 spiro atoms. The van der Waals surface area contributed by atoms with Gasteiger partial charge in [-0.05, 0) is 24.8 Å². The summed E-state index contributed by atoms with van der Waals surface area (Å²) in [5.74, 6) is 0.0386. The number of unbranched alkanes of at least 4 members (excludes halogenated alkanes) is 6. The molecule has 0 aliphatic carbocycles. The number of carbonyl (C=O) groups is 1. The summed E-state index contributed by atoms with van der Waals surface area (Å²) in [6.45, 7) is 3.69. The number of hydrogen-bond acceptors (Lipinski definition) is 16. The number of carbonyl (C=O) groups excluding carboxylic acids is 1. The van der Waals surface area contributed by atoms with Crippen molar-refractivity contribution in [3.63, 3.8) is 0 Å². The fraction of sp³-hybridized carbons (Fsp3) is 0.800. The van der Waals surface area contributed by atoms with Gasteiger partial charge in [-0.3, -0.25) is 19.1 Å². The van der Waals surface area contributed by atoms with Crippen LogP contribution in [0.15, 0.2) is 34.0 Å². The minimum atomic E-state index is -1.80. The Morgan fingerprint density at radius 3 is 2.22 bits per heavy atom. The van der Waals surface area contributed by atoms with Crippen molar-refractivity contribution in [3.8, 4) is 0 Å². The summed E-state index contributed by atoms with van der Waals surface area (Å²) in [5, 5.41) is 87.8. The van der Waals surface area contributed by atoms with Gasteiger partial charge in [0.2, 0.25) is 5.91 Å². The second kappa shape index (κ2) is 20.5. The first-order chi connectivity index (χ1) is 25.6. The van der Waals surface area contributed by atoms with Gasteiger partial charge >= 0.3 is 5.69 Å². The predicted molar refractivity (Wildman–Crippen MR) is 188 cm³/mol. The van der Waals surface area contributed by atoms with Gasteiger partial charge in [-0.2, -0.15) is 0 Å². The molecule has 54 heavy (non-hydrogen) atoms. The molecule has 0 unspecified atom stereocenters. The summed E-state index contributed by atoms with van der Waals surface area (Å²) in [6.07, 6.45) is -9.29. The maximum absolute atomic E-state index is 13.0. The summed E-state index contributed by atoms with van der Waals surface area (Å²) >= 11 is 0. The van der Waals surface area contributed by atoms with Gasteiger partial charge in [0.25, 0.3) is 5.56 Å². The minimum absolute atomic E-state index is 0.559. The molecule has 12 N–H and O–H groups in total. The molecule has 1 aromatic rings. The van der Waals surface area contributed by atoms with E-state index in [1.54, 1.807) is 6.08 Å². The van der Waals surface area contributed by atoms with Crippen LogP contribution in [0.2, 0.25) is 0 Å². The molecule has 0 bridgehead atoms. The Morgan fingerprint density at radius 2 is 1.56 bits per heavy atom. The molecule has 19 nitrogen and oxygen atoms in total. The molecule has 4 rings (SSSR count). The largest absolute Gasteiger partial charge is 0.394 e. The Bertz CT molecular complexity index is 1460. The van der Waals surface area contributed by atoms with Gasteiger partial charge in [-0.15, -0.1) is 0 Å². The molecule has 4 heterocycles. The highest BCUT2D eigenvalue weighted by Gasteiger charge is 2.52. The molecule has 15 atom stereocenters. The van der Waals surface area contributed by atoms with E-state index in [1.165, 1.54) is 25.3 Å². The molecule has 0 radical (unpaired) electrons. The topological polar surface area (TPSA) is 309 Å². The molecular weight excluding hydrogens is 716 g/mol. The molecule has 3 aliphatic rings. The van der Waals surface area contributed by atoms with E-state index in [9.17, 15) is 55.2 Å². The number of aliphatic hydroxyl groups excluding tert-OH is 8. The molecule has 0 aromatic carbocycles. The number of hydrogen-bond donors (Lipinski definition) is 11. The highest BCUT2D eigenvalue weighted by atomic mass is 16.8. The molecule has 3 saturated heterocycles. The SMILES string of the molecule is CC(C)CCCCCCCC/C=C/C(=O)N[C@H]1[C@H](O[C@H]2O[C@H](CO)[C@@H](O)[C@H](O)[C@H]2N)O[C@H](C[C@@H](O)[C@H]2O[C@@H](n3ccc(=O)[nH]c3=O)[C@H](O)[C@@H]2O)[C@H](O)[C@@H]1O. The van der Waals surface area contributed by atoms with Crippen LogP contribution in [0.3, 0.4) is 0 Å². The van der Waals surface area contributed by atoms with Crippen molar-refractivity contribution in [3.05, 3.63) is 45.3 Å². The van der Waals surface area contributed by atoms with Crippen molar-refractivity contribution in [2.24, 2.45) is 11.7 Å². The number of nitrogens with zero attached hydrogens (tertiary/aromatic N) is 1. The number of amides is 1. The average Bonchev–Trinajstić information content (AvgIpc) is 3.42. The molecular formula is C35H58N4O15. The lowest BCUT2D eigenvalue weighted by Gasteiger charge is -2.47. The first-order valence-electron chi connectivity index (χ1n) is 18.7. The third-order valence-corrected chi connectivity index (χ3v) is 10.1. The van der Waals surface area contributed by atoms with Gasteiger partial charge in [0.15, 0.2) is 18.8 Å². The van der Waals surface area contributed by atoms with Gasteiger partial charge in [0, 0.05) is 18.7 Å². The zero-order valence-electron chi connectivity index (χ0n) is 30.6. The van der Waals surface area contributed by atoms with Crippen LogP contribution in [0.5, 0.6) is 0 Å². The summed E-state index contributed by atoms with van der Waals surface area (Å²) in [7, 11) is 0. The van der Waals surface area contributed by atoms with Crippen molar-refractivity contribution in [2.45, 2.75) is 164 Å². The van der Waals surface area contributed by atoms with Crippen LogP contribution < -0.4 is 22.3 Å². The minimum Gasteiger partial charge on any atom is -0.394 e. The smallest absolute Gasteiger partial charge is 0.330 e. The van der Waals surface area contributed by atoms with E-state index in [-0.39, 0.29) is 0 Å². The summed E-state index contributed by atoms with van der Waals surface area (Å²) in [5.41, 5.74) is 4.40. The molecule has 1 aromatic heterocycles. The van der Waals surface area contributed by atoms with Gasteiger partial charge in [0.1, 0.15) is 54.9 Å². The third kappa shape index (κ3) is 11.2. The Hall–Kier alpha value is -2.63. The van der Waals surface area contributed by atoms with E-state index < -0.39 is 122 Å². The summed E-state index contributed by atoms with van der Waals surface area (Å²) in [6, 6.07) is -1.88. The number of ether oxygens (including phenoxy) is 4. The zero-order valence-corrected chi connectivity index (χ0v) is 30.6. The van der Waals surface area contributed by atoms with E-state index in [0.717, 1.165) is 42.5 Å². The van der Waals surface area contributed by atoms with Crippen molar-refractivity contribution < 1.29 is 64.6 Å². The summed E-state index contributed by atoms with van der Waals surface area (Å²) in [4.78, 5) is 38.8. The van der Waals surface area contributed by atoms with Crippen LogP contribution in [0, 0.1) is 5.92 Å². The van der Waals surface area contributed by atoms with Gasteiger partial charge in [-0.1, -0.05) is 58.4 Å². The number of aromatic nitrogens is 2. The quantitative estimate of drug-likeness (QED) is 0.0522. The number of nitrogens with two attached hydrogens (primary N) is 1. The van der Waals surface area contributed by atoms with E-state index in [0.29, 0.717) is 12.3 Å². The third-order valence-electron chi connectivity index (χ3n) is 10.1. The Labute approximate surface area is 312 Å². The van der Waals surface area contributed by atoms with Crippen LogP contribution in [-0.4, -0.2) is 149 Å². The van der Waals surface area contributed by atoms with E-state index in [4.69, 9.17) is 24.7 Å². The first-order valence-corrected chi connectivity index (χ1v) is 18.7. The summed E-state index contributed by atoms with van der Waals surface area (Å²) < 4.78 is 23.8. The van der Waals surface area contributed by atoms with Crippen LogP contribution in [0.4, 0.5) is 0 Å². The van der Waals surface area contributed by atoms with Gasteiger partial charge in [0.05, 0.1) is 24.9 Å². The second-order valence-corrected chi connectivity index (χ2v) is 14.8. The van der Waals surface area contributed by atoms with Crippen LogP contribution in [0.25, 0.3) is 0 Å². The van der Waals surface area contributed by atoms with Crippen LogP contribution in [0.1, 0.15) is 77.9 Å². The Morgan fingerprint density at radius 1 is 0.907 bits per heavy atom. The van der Waals surface area contributed by atoms with Crippen molar-refractivity contribution in [1.29, 1.82) is 0 Å². The highest BCUT2D eigenvalue weighted by molar-refractivity contribution is 5.87. The molecule has 1 amide bonds. The molecule has 19 heteroatoms. The normalized spacial score (nSPS) is 36.5. The number of rotatable bonds is 18.